The number of benzene rings is 2. The molecule has 5 heteroatoms. The molecule has 0 radical (unpaired) electrons. The van der Waals surface area contributed by atoms with Gasteiger partial charge < -0.3 is 10.0 Å². The molecule has 1 saturated heterocycles. The highest BCUT2D eigenvalue weighted by Crippen LogP contribution is 2.52. The van der Waals surface area contributed by atoms with Crippen molar-refractivity contribution in [1.29, 1.82) is 0 Å². The lowest BCUT2D eigenvalue weighted by molar-refractivity contribution is 0.205. The summed E-state index contributed by atoms with van der Waals surface area (Å²) in [4.78, 5) is 18.0. The van der Waals surface area contributed by atoms with E-state index in [1.807, 2.05) is 36.4 Å². The van der Waals surface area contributed by atoms with Gasteiger partial charge in [-0.25, -0.2) is 9.69 Å². The van der Waals surface area contributed by atoms with Gasteiger partial charge in [0.25, 0.3) is 0 Å². The van der Waals surface area contributed by atoms with Crippen molar-refractivity contribution < 1.29 is 9.90 Å². The smallest absolute Gasteiger partial charge is 0.416 e. The van der Waals surface area contributed by atoms with Crippen molar-refractivity contribution in [1.82, 2.24) is 4.90 Å². The number of fused-ring (bicyclic) bond motifs is 3. The highest BCUT2D eigenvalue weighted by atomic mass is 16.4. The van der Waals surface area contributed by atoms with Crippen LogP contribution in [0, 0.1) is 0 Å². The minimum Gasteiger partial charge on any atom is -0.464 e. The van der Waals surface area contributed by atoms with E-state index in [1.165, 1.54) is 16.2 Å². The Morgan fingerprint density at radius 3 is 2.56 bits per heavy atom. The van der Waals surface area contributed by atoms with Gasteiger partial charge in [-0.2, -0.15) is 0 Å². The van der Waals surface area contributed by atoms with E-state index >= 15 is 0 Å². The summed E-state index contributed by atoms with van der Waals surface area (Å²) in [5.74, 6) is 0. The van der Waals surface area contributed by atoms with E-state index in [0.717, 1.165) is 13.0 Å². The lowest BCUT2D eigenvalue weighted by atomic mass is 9.81. The fraction of sp³-hybridized carbons (Fsp3) is 0.350. The zero-order chi connectivity index (χ0) is 17.8. The van der Waals surface area contributed by atoms with E-state index in [2.05, 4.69) is 43.0 Å². The maximum atomic E-state index is 11.9. The van der Waals surface area contributed by atoms with Crippen LogP contribution in [0.5, 0.6) is 0 Å². The van der Waals surface area contributed by atoms with Gasteiger partial charge in [0.2, 0.25) is 0 Å². The molecule has 130 valence electrons. The van der Waals surface area contributed by atoms with Crippen LogP contribution >= 0.6 is 0 Å². The summed E-state index contributed by atoms with van der Waals surface area (Å²) in [7, 11) is 4.29. The summed E-state index contributed by atoms with van der Waals surface area (Å²) in [6, 6.07) is 15.3. The molecule has 1 N–H and O–H groups in total. The monoisotopic (exact) mass is 337 g/mol. The Kier molecular flexibility index (Phi) is 3.51. The molecule has 0 aromatic heterocycles. The van der Waals surface area contributed by atoms with Gasteiger partial charge in [-0.1, -0.05) is 25.1 Å². The van der Waals surface area contributed by atoms with Gasteiger partial charge in [-0.05, 0) is 49.4 Å². The standard InChI is InChI=1S/C20H23N3O2/c1-20-11-12-21(2)18(20)22(3)17-10-9-15(13-16(17)20)23(19(24)25)14-7-5-4-6-8-14/h4-10,13,18H,11-12H2,1-3H3,(H,24,25)/t18?,20-/m1/s1. The molecule has 2 aliphatic heterocycles. The molecule has 0 spiro atoms. The summed E-state index contributed by atoms with van der Waals surface area (Å²) in [5, 5.41) is 9.78. The largest absolute Gasteiger partial charge is 0.464 e. The summed E-state index contributed by atoms with van der Waals surface area (Å²) >= 11 is 0. The molecule has 1 amide bonds. The molecule has 2 heterocycles. The number of likely N-dealkylation sites (N-methyl/N-ethyl adjacent to an activating group) is 2. The van der Waals surface area contributed by atoms with Crippen LogP contribution in [-0.4, -0.2) is 42.9 Å². The molecule has 2 aliphatic rings. The third kappa shape index (κ3) is 2.23. The number of amides is 1. The van der Waals surface area contributed by atoms with Crippen LogP contribution < -0.4 is 9.80 Å². The summed E-state index contributed by atoms with van der Waals surface area (Å²) in [5.41, 5.74) is 3.81. The van der Waals surface area contributed by atoms with Crippen LogP contribution in [0.15, 0.2) is 48.5 Å². The number of hydrogen-bond acceptors (Lipinski definition) is 3. The number of anilines is 3. The Morgan fingerprint density at radius 1 is 1.16 bits per heavy atom. The van der Waals surface area contributed by atoms with E-state index in [9.17, 15) is 9.90 Å². The molecular weight excluding hydrogens is 314 g/mol. The van der Waals surface area contributed by atoms with E-state index < -0.39 is 6.09 Å². The molecule has 0 bridgehead atoms. The van der Waals surface area contributed by atoms with Gasteiger partial charge in [0.05, 0.1) is 17.5 Å². The molecule has 25 heavy (non-hydrogen) atoms. The first-order valence-electron chi connectivity index (χ1n) is 8.59. The number of rotatable bonds is 2. The van der Waals surface area contributed by atoms with Crippen molar-refractivity contribution in [3.63, 3.8) is 0 Å². The molecule has 1 fully saturated rings. The zero-order valence-electron chi connectivity index (χ0n) is 14.8. The predicted octanol–water partition coefficient (Wildman–Crippen LogP) is 3.87. The molecule has 4 rings (SSSR count). The van der Waals surface area contributed by atoms with Crippen LogP contribution in [-0.2, 0) is 5.41 Å². The zero-order valence-corrected chi connectivity index (χ0v) is 14.8. The van der Waals surface area contributed by atoms with Gasteiger partial charge in [0.1, 0.15) is 0 Å². The molecule has 0 saturated carbocycles. The number of carbonyl (C=O) groups is 1. The minimum atomic E-state index is -0.970. The third-order valence-corrected chi connectivity index (χ3v) is 5.78. The first-order valence-corrected chi connectivity index (χ1v) is 8.59. The van der Waals surface area contributed by atoms with Crippen LogP contribution in [0.3, 0.4) is 0 Å². The summed E-state index contributed by atoms with van der Waals surface area (Å²) in [6.07, 6.45) is 0.434. The Hall–Kier alpha value is -2.53. The Morgan fingerprint density at radius 2 is 1.88 bits per heavy atom. The number of likely N-dealkylation sites (tertiary alicyclic amines) is 1. The first-order chi connectivity index (χ1) is 11.9. The van der Waals surface area contributed by atoms with Gasteiger partial charge in [-0.3, -0.25) is 4.90 Å². The van der Waals surface area contributed by atoms with Gasteiger partial charge >= 0.3 is 6.09 Å². The Bertz CT molecular complexity index is 823. The number of carboxylic acid groups (broad SMARTS) is 1. The highest BCUT2D eigenvalue weighted by molar-refractivity contribution is 5.95. The minimum absolute atomic E-state index is 0.0235. The van der Waals surface area contributed by atoms with Gasteiger partial charge in [0.15, 0.2) is 0 Å². The predicted molar refractivity (Wildman–Crippen MR) is 99.8 cm³/mol. The average molecular weight is 337 g/mol. The normalized spacial score (nSPS) is 24.9. The van der Waals surface area contributed by atoms with E-state index in [4.69, 9.17) is 0 Å². The van der Waals surface area contributed by atoms with Crippen molar-refractivity contribution in [2.45, 2.75) is 24.9 Å². The molecule has 2 aromatic rings. The molecule has 2 aromatic carbocycles. The third-order valence-electron chi connectivity index (χ3n) is 5.78. The molecule has 0 aliphatic carbocycles. The van der Waals surface area contributed by atoms with Crippen molar-refractivity contribution in [2.24, 2.45) is 0 Å². The molecular formula is C20H23N3O2. The molecule has 5 nitrogen and oxygen atoms in total. The Balaban J connectivity index is 1.82. The maximum absolute atomic E-state index is 11.9. The first kappa shape index (κ1) is 16.0. The molecule has 2 atom stereocenters. The maximum Gasteiger partial charge on any atom is 0.416 e. The Labute approximate surface area is 148 Å². The second kappa shape index (κ2) is 5.49. The highest BCUT2D eigenvalue weighted by Gasteiger charge is 2.52. The fourth-order valence-electron chi connectivity index (χ4n) is 4.65. The van der Waals surface area contributed by atoms with Crippen molar-refractivity contribution in [2.75, 3.05) is 30.4 Å². The fourth-order valence-corrected chi connectivity index (χ4v) is 4.65. The lowest BCUT2D eigenvalue weighted by Gasteiger charge is -2.32. The average Bonchev–Trinajstić information content (AvgIpc) is 3.01. The van der Waals surface area contributed by atoms with Crippen LogP contribution in [0.2, 0.25) is 0 Å². The van der Waals surface area contributed by atoms with E-state index in [-0.39, 0.29) is 5.41 Å². The van der Waals surface area contributed by atoms with Crippen LogP contribution in [0.4, 0.5) is 21.9 Å². The number of para-hydroxylation sites is 1. The summed E-state index contributed by atoms with van der Waals surface area (Å²) in [6.45, 7) is 3.34. The summed E-state index contributed by atoms with van der Waals surface area (Å²) < 4.78 is 0. The SMILES string of the molecule is CN1CC[C@]2(C)c3cc(N(C(=O)O)c4ccccc4)ccc3N(C)C12. The van der Waals surface area contributed by atoms with Crippen LogP contribution in [0.1, 0.15) is 18.9 Å². The topological polar surface area (TPSA) is 47.0 Å². The van der Waals surface area contributed by atoms with Gasteiger partial charge in [-0.15, -0.1) is 0 Å². The quantitative estimate of drug-likeness (QED) is 0.904. The van der Waals surface area contributed by atoms with Crippen molar-refractivity contribution in [3.8, 4) is 0 Å². The van der Waals surface area contributed by atoms with E-state index in [1.54, 1.807) is 0 Å². The number of nitrogens with zero attached hydrogens (tertiary/aromatic N) is 3. The van der Waals surface area contributed by atoms with Crippen LogP contribution in [0.25, 0.3) is 0 Å². The van der Waals surface area contributed by atoms with E-state index in [0.29, 0.717) is 17.5 Å². The molecule has 1 unspecified atom stereocenters. The van der Waals surface area contributed by atoms with Crippen molar-refractivity contribution in [3.05, 3.63) is 54.1 Å². The lowest BCUT2D eigenvalue weighted by Crippen LogP contribution is -2.45. The second-order valence-corrected chi connectivity index (χ2v) is 7.29. The second-order valence-electron chi connectivity index (χ2n) is 7.29. The van der Waals surface area contributed by atoms with Crippen molar-refractivity contribution >= 4 is 23.2 Å². The van der Waals surface area contributed by atoms with Gasteiger partial charge in [0, 0.05) is 24.7 Å². The number of hydrogen-bond donors (Lipinski definition) is 1.